The minimum Gasteiger partial charge on any atom is -0.298 e. The van der Waals surface area contributed by atoms with E-state index in [1.807, 2.05) is 37.3 Å². The number of rotatable bonds is 5. The van der Waals surface area contributed by atoms with Gasteiger partial charge in [0.1, 0.15) is 0 Å². The molecule has 1 fully saturated rings. The van der Waals surface area contributed by atoms with Crippen molar-refractivity contribution >= 4 is 20.9 Å². The normalized spacial score (nSPS) is 16.7. The topological polar surface area (TPSA) is 45.6 Å². The van der Waals surface area contributed by atoms with Crippen LogP contribution >= 0.6 is 0 Å². The third-order valence-electron chi connectivity index (χ3n) is 5.90. The fourth-order valence-corrected chi connectivity index (χ4v) is 5.40. The smallest absolute Gasteiger partial charge is 0.268 e. The fourth-order valence-electron chi connectivity index (χ4n) is 4.06. The molecule has 3 aromatic rings. The van der Waals surface area contributed by atoms with Crippen LogP contribution in [-0.4, -0.2) is 54.4 Å². The molecule has 1 saturated heterocycles. The highest BCUT2D eigenvalue weighted by atomic mass is 32.2. The predicted molar refractivity (Wildman–Crippen MR) is 118 cm³/mol. The van der Waals surface area contributed by atoms with Gasteiger partial charge in [-0.1, -0.05) is 29.8 Å². The van der Waals surface area contributed by atoms with Crippen molar-refractivity contribution in [2.24, 2.45) is 0 Å². The standard InChI is InChI=1S/C23H29N3O2S/c1-18(2)25-15-13-24(14-16-25)17-20-5-4-6-23-22(20)11-12-26(23)29(27,28)21-9-7-19(3)8-10-21/h4-12,18H,13-17H2,1-3H3. The van der Waals surface area contributed by atoms with Gasteiger partial charge in [0.15, 0.2) is 0 Å². The Balaban J connectivity index is 1.61. The van der Waals surface area contributed by atoms with Crippen LogP contribution in [0.15, 0.2) is 59.6 Å². The average molecular weight is 412 g/mol. The summed E-state index contributed by atoms with van der Waals surface area (Å²) < 4.78 is 27.7. The quantitative estimate of drug-likeness (QED) is 0.642. The Kier molecular flexibility index (Phi) is 5.51. The van der Waals surface area contributed by atoms with Crippen LogP contribution in [0.1, 0.15) is 25.0 Å². The Morgan fingerprint density at radius 3 is 2.28 bits per heavy atom. The number of hydrogen-bond acceptors (Lipinski definition) is 4. The van der Waals surface area contributed by atoms with Crippen molar-refractivity contribution in [2.45, 2.75) is 38.3 Å². The second kappa shape index (κ2) is 7.94. The molecular weight excluding hydrogens is 382 g/mol. The largest absolute Gasteiger partial charge is 0.298 e. The fraction of sp³-hybridized carbons (Fsp3) is 0.391. The van der Waals surface area contributed by atoms with E-state index >= 15 is 0 Å². The van der Waals surface area contributed by atoms with Crippen molar-refractivity contribution in [3.8, 4) is 0 Å². The molecule has 5 nitrogen and oxygen atoms in total. The van der Waals surface area contributed by atoms with E-state index in [1.54, 1.807) is 18.3 Å². The Morgan fingerprint density at radius 2 is 1.62 bits per heavy atom. The monoisotopic (exact) mass is 411 g/mol. The minimum absolute atomic E-state index is 0.316. The van der Waals surface area contributed by atoms with E-state index in [4.69, 9.17) is 0 Å². The number of fused-ring (bicyclic) bond motifs is 1. The van der Waals surface area contributed by atoms with Gasteiger partial charge in [-0.25, -0.2) is 12.4 Å². The second-order valence-electron chi connectivity index (χ2n) is 8.19. The summed E-state index contributed by atoms with van der Waals surface area (Å²) in [6.45, 7) is 11.5. The van der Waals surface area contributed by atoms with Crippen molar-refractivity contribution in [3.63, 3.8) is 0 Å². The predicted octanol–water partition coefficient (Wildman–Crippen LogP) is 3.71. The Morgan fingerprint density at radius 1 is 0.931 bits per heavy atom. The van der Waals surface area contributed by atoms with Gasteiger partial charge in [0, 0.05) is 50.3 Å². The molecule has 0 atom stereocenters. The lowest BCUT2D eigenvalue weighted by atomic mass is 10.1. The highest BCUT2D eigenvalue weighted by molar-refractivity contribution is 7.90. The SMILES string of the molecule is Cc1ccc(S(=O)(=O)n2ccc3c(CN4CCN(C(C)C)CC4)cccc32)cc1. The van der Waals surface area contributed by atoms with Gasteiger partial charge in [-0.2, -0.15) is 0 Å². The first-order chi connectivity index (χ1) is 13.9. The lowest BCUT2D eigenvalue weighted by Crippen LogP contribution is -2.48. The van der Waals surface area contributed by atoms with Crippen LogP contribution in [0.2, 0.25) is 0 Å². The molecule has 29 heavy (non-hydrogen) atoms. The molecule has 0 aliphatic carbocycles. The van der Waals surface area contributed by atoms with Gasteiger partial charge in [-0.05, 0) is 50.6 Å². The van der Waals surface area contributed by atoms with E-state index < -0.39 is 10.0 Å². The summed E-state index contributed by atoms with van der Waals surface area (Å²) in [5.41, 5.74) is 2.96. The summed E-state index contributed by atoms with van der Waals surface area (Å²) in [4.78, 5) is 5.28. The molecule has 1 aromatic heterocycles. The van der Waals surface area contributed by atoms with Crippen molar-refractivity contribution in [1.29, 1.82) is 0 Å². The van der Waals surface area contributed by atoms with Crippen LogP contribution < -0.4 is 0 Å². The number of aryl methyl sites for hydroxylation is 1. The average Bonchev–Trinajstić information content (AvgIpc) is 3.15. The molecule has 0 amide bonds. The number of nitrogens with zero attached hydrogens (tertiary/aromatic N) is 3. The maximum absolute atomic E-state index is 13.2. The molecular formula is C23H29N3O2S. The third-order valence-corrected chi connectivity index (χ3v) is 7.60. The van der Waals surface area contributed by atoms with E-state index in [1.165, 1.54) is 9.54 Å². The highest BCUT2D eigenvalue weighted by Gasteiger charge is 2.22. The zero-order chi connectivity index (χ0) is 20.6. The Hall–Kier alpha value is -2.15. The first-order valence-electron chi connectivity index (χ1n) is 10.2. The van der Waals surface area contributed by atoms with Crippen LogP contribution in [0.4, 0.5) is 0 Å². The van der Waals surface area contributed by atoms with E-state index in [2.05, 4.69) is 29.7 Å². The van der Waals surface area contributed by atoms with Gasteiger partial charge in [0.25, 0.3) is 10.0 Å². The van der Waals surface area contributed by atoms with Gasteiger partial charge in [0.2, 0.25) is 0 Å². The number of piperazine rings is 1. The number of hydrogen-bond donors (Lipinski definition) is 0. The summed E-state index contributed by atoms with van der Waals surface area (Å²) in [6, 6.07) is 15.5. The number of benzene rings is 2. The van der Waals surface area contributed by atoms with Gasteiger partial charge >= 0.3 is 0 Å². The molecule has 6 heteroatoms. The van der Waals surface area contributed by atoms with E-state index in [9.17, 15) is 8.42 Å². The first kappa shape index (κ1) is 20.1. The molecule has 0 N–H and O–H groups in total. The molecule has 154 valence electrons. The maximum atomic E-state index is 13.2. The second-order valence-corrected chi connectivity index (χ2v) is 10.0. The summed E-state index contributed by atoms with van der Waals surface area (Å²) in [5, 5.41) is 1.01. The summed E-state index contributed by atoms with van der Waals surface area (Å²) in [5.74, 6) is 0. The molecule has 2 heterocycles. The van der Waals surface area contributed by atoms with E-state index in [0.29, 0.717) is 10.9 Å². The third kappa shape index (κ3) is 3.97. The number of aromatic nitrogens is 1. The zero-order valence-corrected chi connectivity index (χ0v) is 18.2. The molecule has 0 bridgehead atoms. The van der Waals surface area contributed by atoms with Gasteiger partial charge < -0.3 is 0 Å². The molecule has 1 aliphatic heterocycles. The molecule has 0 saturated carbocycles. The lowest BCUT2D eigenvalue weighted by Gasteiger charge is -2.37. The molecule has 0 unspecified atom stereocenters. The van der Waals surface area contributed by atoms with E-state index in [0.717, 1.165) is 49.2 Å². The summed E-state index contributed by atoms with van der Waals surface area (Å²) in [6.07, 6.45) is 1.68. The van der Waals surface area contributed by atoms with Crippen LogP contribution in [0.5, 0.6) is 0 Å². The van der Waals surface area contributed by atoms with Crippen LogP contribution in [0.3, 0.4) is 0 Å². The van der Waals surface area contributed by atoms with Crippen molar-refractivity contribution in [3.05, 3.63) is 65.9 Å². The van der Waals surface area contributed by atoms with Crippen molar-refractivity contribution < 1.29 is 8.42 Å². The van der Waals surface area contributed by atoms with Gasteiger partial charge in [0.05, 0.1) is 10.4 Å². The highest BCUT2D eigenvalue weighted by Crippen LogP contribution is 2.26. The van der Waals surface area contributed by atoms with E-state index in [-0.39, 0.29) is 0 Å². The van der Waals surface area contributed by atoms with Crippen LogP contribution in [-0.2, 0) is 16.6 Å². The lowest BCUT2D eigenvalue weighted by molar-refractivity contribution is 0.104. The van der Waals surface area contributed by atoms with Crippen LogP contribution in [0, 0.1) is 6.92 Å². The Bertz CT molecular complexity index is 1090. The molecule has 0 spiro atoms. The van der Waals surface area contributed by atoms with Gasteiger partial charge in [-0.3, -0.25) is 9.80 Å². The van der Waals surface area contributed by atoms with Crippen molar-refractivity contribution in [2.75, 3.05) is 26.2 Å². The molecule has 4 rings (SSSR count). The van der Waals surface area contributed by atoms with Gasteiger partial charge in [-0.15, -0.1) is 0 Å². The molecule has 1 aliphatic rings. The first-order valence-corrected chi connectivity index (χ1v) is 11.7. The summed E-state index contributed by atoms with van der Waals surface area (Å²) in [7, 11) is -3.61. The summed E-state index contributed by atoms with van der Waals surface area (Å²) >= 11 is 0. The van der Waals surface area contributed by atoms with Crippen molar-refractivity contribution in [1.82, 2.24) is 13.8 Å². The molecule has 2 aromatic carbocycles. The molecule has 0 radical (unpaired) electrons. The minimum atomic E-state index is -3.61. The Labute approximate surface area is 173 Å². The maximum Gasteiger partial charge on any atom is 0.268 e. The van der Waals surface area contributed by atoms with Crippen LogP contribution in [0.25, 0.3) is 10.9 Å². The zero-order valence-electron chi connectivity index (χ0n) is 17.4.